The molecule has 1 amide bonds. The Balaban J connectivity index is 1.60. The van der Waals surface area contributed by atoms with E-state index in [1.807, 2.05) is 17.0 Å². The molecule has 1 fully saturated rings. The molecule has 1 aliphatic carbocycles. The fraction of sp³-hybridized carbons (Fsp3) is 0.389. The smallest absolute Gasteiger partial charge is 0.254 e. The lowest BCUT2D eigenvalue weighted by Crippen LogP contribution is -2.38. The van der Waals surface area contributed by atoms with E-state index in [2.05, 4.69) is 0 Å². The minimum Gasteiger partial charge on any atom is -0.467 e. The zero-order chi connectivity index (χ0) is 15.6. The van der Waals surface area contributed by atoms with Gasteiger partial charge in [0.05, 0.1) is 12.8 Å². The van der Waals surface area contributed by atoms with Gasteiger partial charge in [-0.15, -0.1) is 0 Å². The predicted octanol–water partition coefficient (Wildman–Crippen LogP) is 3.59. The van der Waals surface area contributed by atoms with Crippen molar-refractivity contribution in [3.8, 4) is 11.5 Å². The van der Waals surface area contributed by atoms with Crippen LogP contribution in [-0.4, -0.2) is 23.6 Å². The maximum Gasteiger partial charge on any atom is 0.254 e. The van der Waals surface area contributed by atoms with Crippen LogP contribution in [0.25, 0.3) is 0 Å². The highest BCUT2D eigenvalue weighted by molar-refractivity contribution is 5.95. The first kappa shape index (κ1) is 14.2. The molecule has 5 nitrogen and oxygen atoms in total. The van der Waals surface area contributed by atoms with Gasteiger partial charge in [0.1, 0.15) is 5.76 Å². The molecular formula is C18H19NO4. The highest BCUT2D eigenvalue weighted by atomic mass is 16.7. The van der Waals surface area contributed by atoms with Crippen LogP contribution in [0.15, 0.2) is 41.0 Å². The zero-order valence-corrected chi connectivity index (χ0v) is 12.9. The Kier molecular flexibility index (Phi) is 3.69. The summed E-state index contributed by atoms with van der Waals surface area (Å²) >= 11 is 0. The molecule has 0 bridgehead atoms. The molecule has 0 unspecified atom stereocenters. The van der Waals surface area contributed by atoms with Crippen molar-refractivity contribution in [1.29, 1.82) is 0 Å². The first-order valence-electron chi connectivity index (χ1n) is 8.04. The molecule has 0 atom stereocenters. The maximum absolute atomic E-state index is 13.0. The van der Waals surface area contributed by atoms with Crippen molar-refractivity contribution in [3.05, 3.63) is 47.9 Å². The van der Waals surface area contributed by atoms with Crippen LogP contribution in [0.1, 0.15) is 41.8 Å². The number of hydrogen-bond acceptors (Lipinski definition) is 4. The van der Waals surface area contributed by atoms with Crippen molar-refractivity contribution in [2.24, 2.45) is 0 Å². The van der Waals surface area contributed by atoms with Crippen LogP contribution >= 0.6 is 0 Å². The fourth-order valence-electron chi connectivity index (χ4n) is 3.35. The molecule has 0 N–H and O–H groups in total. The van der Waals surface area contributed by atoms with Gasteiger partial charge in [-0.2, -0.15) is 0 Å². The topological polar surface area (TPSA) is 51.9 Å². The average molecular weight is 313 g/mol. The van der Waals surface area contributed by atoms with Crippen LogP contribution in [0.5, 0.6) is 11.5 Å². The number of nitrogens with zero attached hydrogens (tertiary/aromatic N) is 1. The number of carbonyl (C=O) groups is 1. The van der Waals surface area contributed by atoms with Crippen LogP contribution in [0.2, 0.25) is 0 Å². The minimum absolute atomic E-state index is 0.0200. The number of fused-ring (bicyclic) bond motifs is 1. The van der Waals surface area contributed by atoms with Gasteiger partial charge in [0.25, 0.3) is 5.91 Å². The first-order chi connectivity index (χ1) is 11.3. The molecule has 2 heterocycles. The van der Waals surface area contributed by atoms with Gasteiger partial charge < -0.3 is 18.8 Å². The lowest BCUT2D eigenvalue weighted by Gasteiger charge is -2.28. The number of ether oxygens (including phenoxy) is 2. The second-order valence-corrected chi connectivity index (χ2v) is 6.02. The van der Waals surface area contributed by atoms with Gasteiger partial charge >= 0.3 is 0 Å². The van der Waals surface area contributed by atoms with Crippen molar-refractivity contribution >= 4 is 5.91 Å². The van der Waals surface area contributed by atoms with Gasteiger partial charge in [0.15, 0.2) is 11.5 Å². The fourth-order valence-corrected chi connectivity index (χ4v) is 3.35. The van der Waals surface area contributed by atoms with E-state index in [0.717, 1.165) is 18.6 Å². The molecule has 1 aromatic carbocycles. The van der Waals surface area contributed by atoms with Crippen molar-refractivity contribution in [1.82, 2.24) is 4.90 Å². The van der Waals surface area contributed by atoms with Crippen molar-refractivity contribution in [3.63, 3.8) is 0 Å². The SMILES string of the molecule is O=C(c1ccc2c(c1)OCO2)N(Cc1ccco1)C1CCCC1. The standard InChI is InChI=1S/C18H19NO4/c20-18(13-7-8-16-17(10-13)23-12-22-16)19(14-4-1-2-5-14)11-15-6-3-9-21-15/h3,6-10,14H,1-2,4-5,11-12H2. The summed E-state index contributed by atoms with van der Waals surface area (Å²) in [4.78, 5) is 15.0. The highest BCUT2D eigenvalue weighted by Gasteiger charge is 2.29. The Bertz CT molecular complexity index is 689. The number of benzene rings is 1. The average Bonchev–Trinajstić information content (AvgIpc) is 3.33. The van der Waals surface area contributed by atoms with E-state index >= 15 is 0 Å². The number of carbonyl (C=O) groups excluding carboxylic acids is 1. The number of hydrogen-bond donors (Lipinski definition) is 0. The highest BCUT2D eigenvalue weighted by Crippen LogP contribution is 2.34. The van der Waals surface area contributed by atoms with Crippen LogP contribution in [0.3, 0.4) is 0 Å². The van der Waals surface area contributed by atoms with Gasteiger partial charge in [-0.1, -0.05) is 12.8 Å². The van der Waals surface area contributed by atoms with Crippen LogP contribution in [-0.2, 0) is 6.54 Å². The molecule has 5 heteroatoms. The van der Waals surface area contributed by atoms with Crippen LogP contribution in [0, 0.1) is 0 Å². The quantitative estimate of drug-likeness (QED) is 0.865. The second kappa shape index (κ2) is 5.99. The van der Waals surface area contributed by atoms with Crippen molar-refractivity contribution in [2.75, 3.05) is 6.79 Å². The lowest BCUT2D eigenvalue weighted by atomic mass is 10.1. The van der Waals surface area contributed by atoms with E-state index in [-0.39, 0.29) is 18.7 Å². The summed E-state index contributed by atoms with van der Waals surface area (Å²) < 4.78 is 16.2. The molecule has 4 rings (SSSR count). The normalized spacial score (nSPS) is 16.7. The van der Waals surface area contributed by atoms with E-state index in [4.69, 9.17) is 13.9 Å². The number of amides is 1. The summed E-state index contributed by atoms with van der Waals surface area (Å²) in [5.74, 6) is 2.16. The summed E-state index contributed by atoms with van der Waals surface area (Å²) in [6, 6.07) is 9.42. The molecule has 1 saturated carbocycles. The molecular weight excluding hydrogens is 294 g/mol. The summed E-state index contributed by atoms with van der Waals surface area (Å²) in [5.41, 5.74) is 0.632. The third-order valence-corrected chi connectivity index (χ3v) is 4.55. The van der Waals surface area contributed by atoms with Crippen LogP contribution < -0.4 is 9.47 Å². The number of furan rings is 1. The van der Waals surface area contributed by atoms with E-state index in [1.165, 1.54) is 12.8 Å². The second-order valence-electron chi connectivity index (χ2n) is 6.02. The minimum atomic E-state index is 0.0200. The molecule has 0 spiro atoms. The van der Waals surface area contributed by atoms with Gasteiger partial charge in [-0.25, -0.2) is 0 Å². The third-order valence-electron chi connectivity index (χ3n) is 4.55. The summed E-state index contributed by atoms with van der Waals surface area (Å²) in [6.07, 6.45) is 6.10. The van der Waals surface area contributed by atoms with Crippen LogP contribution in [0.4, 0.5) is 0 Å². The Morgan fingerprint density at radius 2 is 1.96 bits per heavy atom. The van der Waals surface area contributed by atoms with E-state index < -0.39 is 0 Å². The van der Waals surface area contributed by atoms with E-state index in [1.54, 1.807) is 24.5 Å². The monoisotopic (exact) mass is 313 g/mol. The summed E-state index contributed by atoms with van der Waals surface area (Å²) in [7, 11) is 0. The van der Waals surface area contributed by atoms with E-state index in [9.17, 15) is 4.79 Å². The van der Waals surface area contributed by atoms with Gasteiger partial charge in [0, 0.05) is 11.6 Å². The van der Waals surface area contributed by atoms with Gasteiger partial charge in [-0.3, -0.25) is 4.79 Å². The van der Waals surface area contributed by atoms with Gasteiger partial charge in [-0.05, 0) is 43.2 Å². The molecule has 0 radical (unpaired) electrons. The Morgan fingerprint density at radius 3 is 2.74 bits per heavy atom. The number of rotatable bonds is 4. The lowest BCUT2D eigenvalue weighted by molar-refractivity contribution is 0.0648. The molecule has 2 aliphatic rings. The Hall–Kier alpha value is -2.43. The predicted molar refractivity (Wildman–Crippen MR) is 83.4 cm³/mol. The molecule has 1 aliphatic heterocycles. The first-order valence-corrected chi connectivity index (χ1v) is 8.04. The molecule has 120 valence electrons. The molecule has 1 aromatic heterocycles. The summed E-state index contributed by atoms with van der Waals surface area (Å²) in [6.45, 7) is 0.719. The Labute approximate surface area is 134 Å². The third kappa shape index (κ3) is 2.79. The largest absolute Gasteiger partial charge is 0.467 e. The van der Waals surface area contributed by atoms with Gasteiger partial charge in [0.2, 0.25) is 6.79 Å². The maximum atomic E-state index is 13.0. The molecule has 23 heavy (non-hydrogen) atoms. The van der Waals surface area contributed by atoms with Crippen molar-refractivity contribution in [2.45, 2.75) is 38.3 Å². The van der Waals surface area contributed by atoms with E-state index in [0.29, 0.717) is 23.6 Å². The zero-order valence-electron chi connectivity index (χ0n) is 12.9. The molecule has 2 aromatic rings. The van der Waals surface area contributed by atoms with Crippen molar-refractivity contribution < 1.29 is 18.7 Å². The molecule has 0 saturated heterocycles. The summed E-state index contributed by atoms with van der Waals surface area (Å²) in [5, 5.41) is 0. The Morgan fingerprint density at radius 1 is 1.13 bits per heavy atom.